The number of amides is 3. The molecule has 7 heteroatoms. The molecule has 0 fully saturated rings. The molecule has 0 saturated carbocycles. The number of carbonyl (C=O) groups excluding carboxylic acids is 4. The Morgan fingerprint density at radius 3 is 1.83 bits per heavy atom. The van der Waals surface area contributed by atoms with Gasteiger partial charge in [0.2, 0.25) is 0 Å². The van der Waals surface area contributed by atoms with Gasteiger partial charge in [0.15, 0.2) is 0 Å². The Labute approximate surface area is 206 Å². The molecule has 0 bridgehead atoms. The molecule has 0 aromatic heterocycles. The highest BCUT2D eigenvalue weighted by molar-refractivity contribution is 6.34. The molecule has 3 amide bonds. The van der Waals surface area contributed by atoms with E-state index in [4.69, 9.17) is 4.74 Å². The van der Waals surface area contributed by atoms with E-state index in [1.54, 1.807) is 36.4 Å². The number of hydrogen-bond donors (Lipinski definition) is 1. The maximum Gasteiger partial charge on any atom is 0.343 e. The van der Waals surface area contributed by atoms with Crippen molar-refractivity contribution >= 4 is 35.1 Å². The number of carbonyl (C=O) groups is 4. The number of hydrogen-bond acceptors (Lipinski definition) is 5. The standard InChI is InChI=1S/C29H20N2O5/c1-18-6-12-21(13-7-18)30-26(32)19-10-16-23(17-11-19)36-29(35)20-8-14-22(15-9-20)31-27(33)24-4-2-3-5-25(24)28(31)34/h2-17H,1H3,(H,30,32). The van der Waals surface area contributed by atoms with Crippen LogP contribution in [0.25, 0.3) is 0 Å². The fourth-order valence-electron chi connectivity index (χ4n) is 3.85. The summed E-state index contributed by atoms with van der Waals surface area (Å²) >= 11 is 0. The molecule has 0 unspecified atom stereocenters. The second kappa shape index (κ2) is 9.31. The van der Waals surface area contributed by atoms with Crippen molar-refractivity contribution in [1.82, 2.24) is 0 Å². The summed E-state index contributed by atoms with van der Waals surface area (Å²) in [5.74, 6) is -1.42. The molecule has 176 valence electrons. The number of nitrogens with one attached hydrogen (secondary N) is 1. The maximum absolute atomic E-state index is 12.6. The molecule has 4 aromatic carbocycles. The fraction of sp³-hybridized carbons (Fsp3) is 0.0345. The zero-order valence-electron chi connectivity index (χ0n) is 19.2. The van der Waals surface area contributed by atoms with Crippen LogP contribution in [0.1, 0.15) is 47.0 Å². The van der Waals surface area contributed by atoms with Gasteiger partial charge in [0.05, 0.1) is 22.4 Å². The van der Waals surface area contributed by atoms with Gasteiger partial charge in [0, 0.05) is 11.3 Å². The SMILES string of the molecule is Cc1ccc(NC(=O)c2ccc(OC(=O)c3ccc(N4C(=O)c5ccccc5C4=O)cc3)cc2)cc1. The molecule has 4 aromatic rings. The summed E-state index contributed by atoms with van der Waals surface area (Å²) in [7, 11) is 0. The lowest BCUT2D eigenvalue weighted by atomic mass is 10.1. The highest BCUT2D eigenvalue weighted by atomic mass is 16.5. The third kappa shape index (κ3) is 4.37. The first-order valence-corrected chi connectivity index (χ1v) is 11.2. The monoisotopic (exact) mass is 476 g/mol. The second-order valence-corrected chi connectivity index (χ2v) is 8.27. The minimum atomic E-state index is -0.610. The summed E-state index contributed by atoms with van der Waals surface area (Å²) in [6, 6.07) is 26.3. The van der Waals surface area contributed by atoms with Crippen molar-refractivity contribution in [2.75, 3.05) is 10.2 Å². The normalized spacial score (nSPS) is 12.3. The molecular formula is C29H20N2O5. The Hall–Kier alpha value is -5.04. The first kappa shape index (κ1) is 22.7. The molecule has 36 heavy (non-hydrogen) atoms. The van der Waals surface area contributed by atoms with Gasteiger partial charge in [-0.3, -0.25) is 14.4 Å². The van der Waals surface area contributed by atoms with Crippen molar-refractivity contribution in [1.29, 1.82) is 0 Å². The average molecular weight is 476 g/mol. The van der Waals surface area contributed by atoms with E-state index < -0.39 is 17.8 Å². The minimum Gasteiger partial charge on any atom is -0.423 e. The lowest BCUT2D eigenvalue weighted by Gasteiger charge is -2.14. The molecule has 1 heterocycles. The van der Waals surface area contributed by atoms with Gasteiger partial charge in [-0.15, -0.1) is 0 Å². The largest absolute Gasteiger partial charge is 0.423 e. The number of benzene rings is 4. The van der Waals surface area contributed by atoms with Crippen LogP contribution in [0.15, 0.2) is 97.1 Å². The number of imide groups is 1. The van der Waals surface area contributed by atoms with Gasteiger partial charge < -0.3 is 10.1 Å². The number of nitrogens with zero attached hydrogens (tertiary/aromatic N) is 1. The van der Waals surface area contributed by atoms with E-state index in [2.05, 4.69) is 5.32 Å². The minimum absolute atomic E-state index is 0.247. The lowest BCUT2D eigenvalue weighted by Crippen LogP contribution is -2.29. The molecule has 0 atom stereocenters. The second-order valence-electron chi connectivity index (χ2n) is 8.27. The Morgan fingerprint density at radius 1 is 0.694 bits per heavy atom. The third-order valence-corrected chi connectivity index (χ3v) is 5.79. The number of aryl methyl sites for hydroxylation is 1. The maximum atomic E-state index is 12.6. The van der Waals surface area contributed by atoms with Gasteiger partial charge in [-0.25, -0.2) is 9.69 Å². The van der Waals surface area contributed by atoms with Crippen molar-refractivity contribution in [3.63, 3.8) is 0 Å². The molecule has 0 aliphatic carbocycles. The van der Waals surface area contributed by atoms with Crippen molar-refractivity contribution in [3.8, 4) is 5.75 Å². The van der Waals surface area contributed by atoms with Crippen LogP contribution in [0, 0.1) is 6.92 Å². The summed E-state index contributed by atoms with van der Waals surface area (Å²) in [5, 5.41) is 2.81. The van der Waals surface area contributed by atoms with E-state index in [1.165, 1.54) is 36.4 Å². The van der Waals surface area contributed by atoms with Crippen LogP contribution in [0.3, 0.4) is 0 Å². The van der Waals surface area contributed by atoms with Gasteiger partial charge in [0.25, 0.3) is 17.7 Å². The van der Waals surface area contributed by atoms with Crippen LogP contribution in [0.4, 0.5) is 11.4 Å². The Bertz CT molecular complexity index is 1460. The zero-order chi connectivity index (χ0) is 25.2. The molecule has 1 aliphatic heterocycles. The highest BCUT2D eigenvalue weighted by Gasteiger charge is 2.36. The number of fused-ring (bicyclic) bond motifs is 1. The topological polar surface area (TPSA) is 92.8 Å². The van der Waals surface area contributed by atoms with E-state index in [-0.39, 0.29) is 17.2 Å². The third-order valence-electron chi connectivity index (χ3n) is 5.79. The predicted molar refractivity (Wildman–Crippen MR) is 135 cm³/mol. The van der Waals surface area contributed by atoms with Crippen molar-refractivity contribution < 1.29 is 23.9 Å². The summed E-state index contributed by atoms with van der Waals surface area (Å²) in [5.41, 5.74) is 3.51. The van der Waals surface area contributed by atoms with Gasteiger partial charge in [-0.1, -0.05) is 29.8 Å². The summed E-state index contributed by atoms with van der Waals surface area (Å²) in [6.07, 6.45) is 0. The van der Waals surface area contributed by atoms with Crippen molar-refractivity contribution in [3.05, 3.63) is 125 Å². The van der Waals surface area contributed by atoms with Gasteiger partial charge in [0.1, 0.15) is 5.75 Å². The molecule has 0 radical (unpaired) electrons. The van der Waals surface area contributed by atoms with Gasteiger partial charge in [-0.05, 0) is 79.7 Å². The summed E-state index contributed by atoms with van der Waals surface area (Å²) in [6.45, 7) is 1.97. The Morgan fingerprint density at radius 2 is 1.25 bits per heavy atom. The van der Waals surface area contributed by atoms with E-state index in [9.17, 15) is 19.2 Å². The molecule has 5 rings (SSSR count). The van der Waals surface area contributed by atoms with Gasteiger partial charge >= 0.3 is 5.97 Å². The molecule has 0 spiro atoms. The summed E-state index contributed by atoms with van der Waals surface area (Å²) < 4.78 is 5.41. The average Bonchev–Trinajstić information content (AvgIpc) is 3.15. The molecule has 1 aliphatic rings. The van der Waals surface area contributed by atoms with E-state index in [0.717, 1.165) is 10.5 Å². The van der Waals surface area contributed by atoms with Crippen LogP contribution in [0.5, 0.6) is 5.75 Å². The van der Waals surface area contributed by atoms with Crippen LogP contribution < -0.4 is 15.0 Å². The Balaban J connectivity index is 1.23. The Kier molecular flexibility index (Phi) is 5.88. The predicted octanol–water partition coefficient (Wildman–Crippen LogP) is 5.27. The van der Waals surface area contributed by atoms with E-state index >= 15 is 0 Å². The van der Waals surface area contributed by atoms with Crippen molar-refractivity contribution in [2.45, 2.75) is 6.92 Å². The zero-order valence-corrected chi connectivity index (χ0v) is 19.2. The first-order valence-electron chi connectivity index (χ1n) is 11.2. The molecule has 1 N–H and O–H groups in total. The van der Waals surface area contributed by atoms with E-state index in [1.807, 2.05) is 31.2 Å². The molecule has 7 nitrogen and oxygen atoms in total. The number of esters is 1. The quantitative estimate of drug-likeness (QED) is 0.241. The molecule has 0 saturated heterocycles. The number of anilines is 2. The van der Waals surface area contributed by atoms with Crippen molar-refractivity contribution in [2.24, 2.45) is 0 Å². The van der Waals surface area contributed by atoms with Gasteiger partial charge in [-0.2, -0.15) is 0 Å². The fourth-order valence-corrected chi connectivity index (χ4v) is 3.85. The highest BCUT2D eigenvalue weighted by Crippen LogP contribution is 2.28. The van der Waals surface area contributed by atoms with Crippen LogP contribution in [-0.4, -0.2) is 23.7 Å². The van der Waals surface area contributed by atoms with Crippen LogP contribution in [0.2, 0.25) is 0 Å². The lowest BCUT2D eigenvalue weighted by molar-refractivity contribution is 0.0734. The summed E-state index contributed by atoms with van der Waals surface area (Å²) in [4.78, 5) is 51.4. The smallest absolute Gasteiger partial charge is 0.343 e. The number of ether oxygens (including phenoxy) is 1. The first-order chi connectivity index (χ1) is 17.4. The van der Waals surface area contributed by atoms with Crippen LogP contribution >= 0.6 is 0 Å². The molecular weight excluding hydrogens is 456 g/mol. The van der Waals surface area contributed by atoms with E-state index in [0.29, 0.717) is 28.1 Å². The van der Waals surface area contributed by atoms with Crippen LogP contribution in [-0.2, 0) is 0 Å². The number of rotatable bonds is 5.